The molecule has 0 amide bonds. The lowest BCUT2D eigenvalue weighted by Gasteiger charge is -2.36. The summed E-state index contributed by atoms with van der Waals surface area (Å²) in [6.45, 7) is 0. The van der Waals surface area contributed by atoms with E-state index in [0.717, 1.165) is 21.8 Å². The van der Waals surface area contributed by atoms with Crippen LogP contribution in [0.3, 0.4) is 0 Å². The van der Waals surface area contributed by atoms with Gasteiger partial charge in [0.25, 0.3) is 5.91 Å². The van der Waals surface area contributed by atoms with Gasteiger partial charge in [0.2, 0.25) is 0 Å². The van der Waals surface area contributed by atoms with Gasteiger partial charge in [0.15, 0.2) is 5.13 Å². The summed E-state index contributed by atoms with van der Waals surface area (Å²) in [5.41, 5.74) is 3.31. The van der Waals surface area contributed by atoms with E-state index in [-0.39, 0.29) is 12.3 Å². The fourth-order valence-electron chi connectivity index (χ4n) is 3.96. The predicted octanol–water partition coefficient (Wildman–Crippen LogP) is 5.02. The van der Waals surface area contributed by atoms with E-state index in [1.807, 2.05) is 60.0 Å². The van der Waals surface area contributed by atoms with E-state index in [0.29, 0.717) is 5.69 Å². The average Bonchev–Trinajstić information content (AvgIpc) is 3.57. The number of aromatic nitrogens is 4. The van der Waals surface area contributed by atoms with Crippen LogP contribution in [0.15, 0.2) is 109 Å². The number of nitrogens with one attached hydrogen (secondary N) is 1. The van der Waals surface area contributed by atoms with Crippen molar-refractivity contribution in [2.45, 2.75) is 12.0 Å². The van der Waals surface area contributed by atoms with Crippen LogP contribution in [0.2, 0.25) is 0 Å². The van der Waals surface area contributed by atoms with Crippen LogP contribution in [-0.4, -0.2) is 25.7 Å². The minimum Gasteiger partial charge on any atom is -0.344 e. The zero-order chi connectivity index (χ0) is 22.5. The molecule has 0 fully saturated rings. The molecular weight excluding hydrogens is 430 g/mol. The molecule has 2 heterocycles. The van der Waals surface area contributed by atoms with Gasteiger partial charge >= 0.3 is 0 Å². The number of rotatable bonds is 7. The van der Waals surface area contributed by atoms with Gasteiger partial charge in [-0.1, -0.05) is 91.0 Å². The van der Waals surface area contributed by atoms with Crippen LogP contribution in [0.1, 0.15) is 27.2 Å². The molecule has 6 nitrogen and oxygen atoms in total. The molecule has 0 radical (unpaired) electrons. The molecule has 162 valence electrons. The van der Waals surface area contributed by atoms with Crippen molar-refractivity contribution in [2.75, 3.05) is 5.32 Å². The highest BCUT2D eigenvalue weighted by molar-refractivity contribution is 7.13. The van der Waals surface area contributed by atoms with E-state index >= 15 is 0 Å². The smallest absolute Gasteiger partial charge is 0.254 e. The van der Waals surface area contributed by atoms with Crippen LogP contribution in [0, 0.1) is 0 Å². The Morgan fingerprint density at radius 1 is 0.848 bits per heavy atom. The molecule has 1 N–H and O–H groups in total. The zero-order valence-electron chi connectivity index (χ0n) is 17.7. The van der Waals surface area contributed by atoms with Crippen molar-refractivity contribution in [3.05, 3.63) is 131 Å². The number of anilines is 1. The topological polar surface area (TPSA) is 72.7 Å². The molecule has 0 aliphatic heterocycles. The Kier molecular flexibility index (Phi) is 5.78. The Hall–Kier alpha value is -4.10. The summed E-state index contributed by atoms with van der Waals surface area (Å²) in [5.74, 6) is -0.176. The lowest BCUT2D eigenvalue weighted by Crippen LogP contribution is -2.38. The van der Waals surface area contributed by atoms with E-state index in [1.54, 1.807) is 0 Å². The quantitative estimate of drug-likeness (QED) is 0.352. The van der Waals surface area contributed by atoms with Crippen molar-refractivity contribution in [3.63, 3.8) is 0 Å². The summed E-state index contributed by atoms with van der Waals surface area (Å²) in [7, 11) is 0. The minimum atomic E-state index is -0.658. The molecule has 0 aliphatic rings. The molecule has 0 aliphatic carbocycles. The molecule has 0 saturated heterocycles. The lowest BCUT2D eigenvalue weighted by molar-refractivity contribution is 0.0897. The Labute approximate surface area is 195 Å². The van der Waals surface area contributed by atoms with Gasteiger partial charge in [0.05, 0.1) is 12.1 Å². The largest absolute Gasteiger partial charge is 0.344 e. The summed E-state index contributed by atoms with van der Waals surface area (Å²) in [4.78, 5) is 21.0. The first-order valence-corrected chi connectivity index (χ1v) is 11.4. The van der Waals surface area contributed by atoms with E-state index in [9.17, 15) is 4.79 Å². The summed E-state index contributed by atoms with van der Waals surface area (Å²) in [6.07, 6.45) is 2.90. The third-order valence-electron chi connectivity index (χ3n) is 5.47. The van der Waals surface area contributed by atoms with E-state index in [4.69, 9.17) is 4.98 Å². The van der Waals surface area contributed by atoms with Crippen LogP contribution in [-0.2, 0) is 12.0 Å². The number of benzene rings is 3. The molecule has 33 heavy (non-hydrogen) atoms. The second-order valence-corrected chi connectivity index (χ2v) is 8.39. The Morgan fingerprint density at radius 2 is 1.39 bits per heavy atom. The third kappa shape index (κ3) is 4.18. The molecule has 3 aromatic carbocycles. The van der Waals surface area contributed by atoms with Crippen molar-refractivity contribution in [1.82, 2.24) is 19.7 Å². The molecule has 5 aromatic rings. The van der Waals surface area contributed by atoms with Crippen LogP contribution in [0.25, 0.3) is 0 Å². The first kappa shape index (κ1) is 20.8. The summed E-state index contributed by atoms with van der Waals surface area (Å²) >= 11 is 1.48. The third-order valence-corrected chi connectivity index (χ3v) is 6.28. The molecule has 2 aromatic heterocycles. The second-order valence-electron chi connectivity index (χ2n) is 7.53. The highest BCUT2D eigenvalue weighted by Crippen LogP contribution is 2.40. The van der Waals surface area contributed by atoms with Crippen molar-refractivity contribution in [3.8, 4) is 0 Å². The Balaban J connectivity index is 1.57. The van der Waals surface area contributed by atoms with Crippen molar-refractivity contribution >= 4 is 22.4 Å². The van der Waals surface area contributed by atoms with Gasteiger partial charge in [-0.15, -0.1) is 11.3 Å². The van der Waals surface area contributed by atoms with Crippen LogP contribution in [0.5, 0.6) is 0 Å². The molecule has 0 spiro atoms. The Bertz CT molecular complexity index is 1220. The average molecular weight is 452 g/mol. The first-order valence-electron chi connectivity index (χ1n) is 10.5. The van der Waals surface area contributed by atoms with Gasteiger partial charge in [-0.25, -0.2) is 9.97 Å². The predicted molar refractivity (Wildman–Crippen MR) is 129 cm³/mol. The maximum Gasteiger partial charge on any atom is 0.254 e. The lowest BCUT2D eigenvalue weighted by atomic mass is 9.77. The van der Waals surface area contributed by atoms with Crippen LogP contribution >= 0.6 is 11.3 Å². The maximum absolute atomic E-state index is 12.4. The summed E-state index contributed by atoms with van der Waals surface area (Å²) in [5, 5.41) is 10.3. The number of carbonyl (C=O) groups is 1. The van der Waals surface area contributed by atoms with E-state index < -0.39 is 5.54 Å². The molecule has 0 atom stereocenters. The highest BCUT2D eigenvalue weighted by Gasteiger charge is 2.37. The maximum atomic E-state index is 12.4. The number of carbonyl (C=O) groups excluding carboxylic acids is 1. The van der Waals surface area contributed by atoms with Gasteiger partial charge in [-0.3, -0.25) is 4.79 Å². The van der Waals surface area contributed by atoms with Crippen LogP contribution < -0.4 is 5.32 Å². The van der Waals surface area contributed by atoms with Crippen LogP contribution in [0.4, 0.5) is 5.13 Å². The van der Waals surface area contributed by atoms with Gasteiger partial charge in [-0.2, -0.15) is 9.78 Å². The van der Waals surface area contributed by atoms with Crippen molar-refractivity contribution in [2.24, 2.45) is 0 Å². The Morgan fingerprint density at radius 3 is 1.88 bits per heavy atom. The molecule has 5 rings (SSSR count). The molecular formula is C26H21N5OS. The molecule has 0 unspecified atom stereocenters. The number of hydrogen-bond donors (Lipinski definition) is 1. The monoisotopic (exact) mass is 451 g/mol. The summed E-state index contributed by atoms with van der Waals surface area (Å²) in [6, 6.07) is 31.0. The molecule has 7 heteroatoms. The number of hydrogen-bond acceptors (Lipinski definition) is 6. The number of thiazole rings is 1. The normalized spacial score (nSPS) is 11.3. The van der Waals surface area contributed by atoms with Gasteiger partial charge in [0, 0.05) is 5.38 Å². The first-order chi connectivity index (χ1) is 16.3. The van der Waals surface area contributed by atoms with Gasteiger partial charge in [0.1, 0.15) is 18.2 Å². The zero-order valence-corrected chi connectivity index (χ0v) is 18.5. The van der Waals surface area contributed by atoms with Crippen molar-refractivity contribution in [1.29, 1.82) is 0 Å². The fraction of sp³-hybridized carbons (Fsp3) is 0.0769. The van der Waals surface area contributed by atoms with Gasteiger partial charge < -0.3 is 5.32 Å². The number of nitrogens with zero attached hydrogens (tertiary/aromatic N) is 4. The van der Waals surface area contributed by atoms with Crippen molar-refractivity contribution < 1.29 is 4.79 Å². The molecule has 0 bridgehead atoms. The van der Waals surface area contributed by atoms with E-state index in [2.05, 4.69) is 51.8 Å². The fourth-order valence-corrected chi connectivity index (χ4v) is 4.73. The summed E-state index contributed by atoms with van der Waals surface area (Å²) < 4.78 is 1.23. The minimum absolute atomic E-state index is 0.149. The standard InChI is InChI=1S/C26H21N5OS/c32-24(31-19-27-18-28-31)16-23-17-33-25(29-23)30-26(20-10-4-1-5-11-20,21-12-6-2-7-13-21)22-14-8-3-9-15-22/h1-15,17-19H,16H2,(H,29,30). The second kappa shape index (κ2) is 9.18. The van der Waals surface area contributed by atoms with E-state index in [1.165, 1.54) is 28.7 Å². The highest BCUT2D eigenvalue weighted by atomic mass is 32.1. The molecule has 0 saturated carbocycles. The SMILES string of the molecule is O=C(Cc1csc(NC(c2ccccc2)(c2ccccc2)c2ccccc2)n1)n1cncn1. The van der Waals surface area contributed by atoms with Gasteiger partial charge in [-0.05, 0) is 16.7 Å².